The summed E-state index contributed by atoms with van der Waals surface area (Å²) >= 11 is 0. The molecule has 2 amide bonds. The summed E-state index contributed by atoms with van der Waals surface area (Å²) in [4.78, 5) is 77.3. The Hall–Kier alpha value is -8.82. The fourth-order valence-electron chi connectivity index (χ4n) is 5.32. The number of methoxy groups -OCH3 is 4. The fraction of sp³-hybridized carbons (Fsp3) is 0.150. The van der Waals surface area contributed by atoms with Gasteiger partial charge in [-0.1, -0.05) is 36.4 Å². The molecule has 0 fully saturated rings. The van der Waals surface area contributed by atoms with E-state index in [4.69, 9.17) is 47.4 Å². The van der Waals surface area contributed by atoms with Crippen LogP contribution in [0.25, 0.3) is 0 Å². The Bertz CT molecular complexity index is 2370. The van der Waals surface area contributed by atoms with Gasteiger partial charge in [0.05, 0.1) is 39.6 Å². The SMILES string of the molecule is COC(=O)c1cc2c(OCC(=O)Nc3ccccc3)c(c1)Oc1nc(OC)nc(n1)Oc1cc(C(=O)OC)cc(c1OCC(=O)Nc1ccccc1)Oc1nc(OC)nc(n1)O2. The number of ether oxygens (including phenoxy) is 10. The van der Waals surface area contributed by atoms with Crippen molar-refractivity contribution in [3.8, 4) is 70.6 Å². The third-order valence-corrected chi connectivity index (χ3v) is 8.01. The van der Waals surface area contributed by atoms with Crippen molar-refractivity contribution in [1.82, 2.24) is 29.9 Å². The van der Waals surface area contributed by atoms with E-state index in [0.29, 0.717) is 11.4 Å². The third-order valence-electron chi connectivity index (χ3n) is 8.01. The Kier molecular flexibility index (Phi) is 12.6. The molecule has 1 aliphatic heterocycles. The van der Waals surface area contributed by atoms with Gasteiger partial charge in [-0.25, -0.2) is 9.59 Å². The van der Waals surface area contributed by atoms with E-state index >= 15 is 0 Å². The largest absolute Gasteiger partial charge is 0.476 e. The van der Waals surface area contributed by atoms with Gasteiger partial charge in [-0.2, -0.15) is 0 Å². The average Bonchev–Trinajstić information content (AvgIpc) is 3.27. The number of anilines is 2. The van der Waals surface area contributed by atoms with Crippen LogP contribution < -0.4 is 48.5 Å². The van der Waals surface area contributed by atoms with E-state index in [2.05, 4.69) is 40.5 Å². The zero-order valence-electron chi connectivity index (χ0n) is 32.9. The van der Waals surface area contributed by atoms with Crippen molar-refractivity contribution in [1.29, 1.82) is 0 Å². The molecule has 2 aromatic heterocycles. The Morgan fingerprint density at radius 3 is 1.10 bits per heavy atom. The van der Waals surface area contributed by atoms with Crippen molar-refractivity contribution in [3.05, 3.63) is 96.1 Å². The maximum atomic E-state index is 13.1. The van der Waals surface area contributed by atoms with Gasteiger partial charge >= 0.3 is 48.0 Å². The monoisotopic (exact) mass is 848 g/mol. The van der Waals surface area contributed by atoms with E-state index in [1.54, 1.807) is 60.7 Å². The molecule has 0 spiro atoms. The summed E-state index contributed by atoms with van der Waals surface area (Å²) < 4.78 is 56.9. The fourth-order valence-corrected chi connectivity index (χ4v) is 5.32. The third kappa shape index (κ3) is 10.1. The van der Waals surface area contributed by atoms with Crippen LogP contribution in [0.1, 0.15) is 20.7 Å². The predicted octanol–water partition coefficient (Wildman–Crippen LogP) is 5.16. The summed E-state index contributed by atoms with van der Waals surface area (Å²) in [7, 11) is 4.79. The molecule has 62 heavy (non-hydrogen) atoms. The van der Waals surface area contributed by atoms with E-state index in [9.17, 15) is 19.2 Å². The van der Waals surface area contributed by atoms with Gasteiger partial charge in [-0.3, -0.25) is 9.59 Å². The van der Waals surface area contributed by atoms with Gasteiger partial charge in [0, 0.05) is 11.4 Å². The van der Waals surface area contributed by atoms with E-state index in [1.165, 1.54) is 38.5 Å². The van der Waals surface area contributed by atoms with Crippen LogP contribution >= 0.6 is 0 Å². The first kappa shape index (κ1) is 41.3. The molecule has 3 heterocycles. The van der Waals surface area contributed by atoms with Gasteiger partial charge in [0.15, 0.2) is 36.2 Å². The molecule has 316 valence electrons. The molecular weight excluding hydrogens is 816 g/mol. The maximum absolute atomic E-state index is 13.1. The molecule has 0 unspecified atom stereocenters. The van der Waals surface area contributed by atoms with Gasteiger partial charge in [-0.05, 0) is 48.5 Å². The van der Waals surface area contributed by atoms with Crippen molar-refractivity contribution >= 4 is 35.1 Å². The highest BCUT2D eigenvalue weighted by Crippen LogP contribution is 2.45. The van der Waals surface area contributed by atoms with Crippen molar-refractivity contribution in [2.24, 2.45) is 0 Å². The van der Waals surface area contributed by atoms with E-state index in [-0.39, 0.29) is 57.6 Å². The molecule has 22 heteroatoms. The number of hydrogen-bond donors (Lipinski definition) is 2. The molecule has 6 aromatic rings. The summed E-state index contributed by atoms with van der Waals surface area (Å²) in [6.07, 6.45) is 0. The number of rotatable bonds is 12. The highest BCUT2D eigenvalue weighted by atomic mass is 16.6. The topological polar surface area (TPSA) is 262 Å². The quantitative estimate of drug-likeness (QED) is 0.150. The number of benzene rings is 4. The van der Waals surface area contributed by atoms with Gasteiger partial charge in [0.25, 0.3) is 11.8 Å². The number of nitrogens with one attached hydrogen (secondary N) is 2. The lowest BCUT2D eigenvalue weighted by Crippen LogP contribution is -2.20. The van der Waals surface area contributed by atoms with Crippen LogP contribution in [0.15, 0.2) is 84.9 Å². The minimum Gasteiger partial charge on any atom is -0.476 e. The maximum Gasteiger partial charge on any atom is 0.338 e. The van der Waals surface area contributed by atoms with Crippen molar-refractivity contribution < 1.29 is 66.5 Å². The molecule has 2 N–H and O–H groups in total. The van der Waals surface area contributed by atoms with Crippen molar-refractivity contribution in [2.75, 3.05) is 52.3 Å². The Labute approximate surface area is 350 Å². The van der Waals surface area contributed by atoms with Crippen LogP contribution in [-0.4, -0.2) is 95.3 Å². The molecule has 0 aliphatic carbocycles. The molecule has 4 aromatic carbocycles. The number of para-hydroxylation sites is 2. The van der Waals surface area contributed by atoms with E-state index < -0.39 is 61.0 Å². The van der Waals surface area contributed by atoms with Crippen LogP contribution in [0.2, 0.25) is 0 Å². The Balaban J connectivity index is 1.38. The molecule has 8 bridgehead atoms. The lowest BCUT2D eigenvalue weighted by atomic mass is 10.2. The summed E-state index contributed by atoms with van der Waals surface area (Å²) in [6, 6.07) is 19.2. The van der Waals surface area contributed by atoms with E-state index in [0.717, 1.165) is 14.2 Å². The van der Waals surface area contributed by atoms with Crippen LogP contribution in [0.3, 0.4) is 0 Å². The van der Waals surface area contributed by atoms with Crippen molar-refractivity contribution in [3.63, 3.8) is 0 Å². The van der Waals surface area contributed by atoms with Crippen LogP contribution in [0, 0.1) is 0 Å². The molecule has 0 radical (unpaired) electrons. The first-order valence-electron chi connectivity index (χ1n) is 17.9. The lowest BCUT2D eigenvalue weighted by Gasteiger charge is -2.19. The molecule has 1 aliphatic rings. The molecule has 0 atom stereocenters. The van der Waals surface area contributed by atoms with Crippen LogP contribution in [-0.2, 0) is 19.1 Å². The predicted molar refractivity (Wildman–Crippen MR) is 210 cm³/mol. The second-order valence-corrected chi connectivity index (χ2v) is 12.2. The van der Waals surface area contributed by atoms with Gasteiger partial charge < -0.3 is 58.0 Å². The number of carbonyl (C=O) groups is 4. The van der Waals surface area contributed by atoms with Crippen molar-refractivity contribution in [2.45, 2.75) is 0 Å². The summed E-state index contributed by atoms with van der Waals surface area (Å²) in [5.74, 6) is -4.65. The minimum absolute atomic E-state index is 0.141. The molecule has 0 saturated carbocycles. The van der Waals surface area contributed by atoms with Gasteiger partial charge in [-0.15, -0.1) is 29.9 Å². The summed E-state index contributed by atoms with van der Waals surface area (Å²) in [5, 5.41) is 5.39. The van der Waals surface area contributed by atoms with E-state index in [1.807, 2.05) is 0 Å². The highest BCUT2D eigenvalue weighted by Gasteiger charge is 2.28. The smallest absolute Gasteiger partial charge is 0.338 e. The Morgan fingerprint density at radius 2 is 0.806 bits per heavy atom. The van der Waals surface area contributed by atoms with Gasteiger partial charge in [0.1, 0.15) is 0 Å². The number of amides is 2. The average molecular weight is 849 g/mol. The number of hydrogen-bond acceptors (Lipinski definition) is 20. The zero-order valence-corrected chi connectivity index (χ0v) is 32.9. The standard InChI is InChI=1S/C40H32N8O14/c1-53-33(51)21-15-25-31(57-19-29(49)41-23-11-7-5-8-12-23)26(16-21)60-38-44-36(56-4)46-40(48-38)62-28-18-22(34(52)54-2)17-27(61-39-45-35(55-3)43-37(47-39)59-25)32(28)58-20-30(50)42-24-13-9-6-10-14-24/h5-18H,19-20H2,1-4H3,(H,41,49)(H,42,50). The lowest BCUT2D eigenvalue weighted by molar-refractivity contribution is -0.118. The number of aromatic nitrogens is 6. The van der Waals surface area contributed by atoms with Gasteiger partial charge in [0.2, 0.25) is 11.5 Å². The minimum atomic E-state index is -0.846. The molecule has 22 nitrogen and oxygen atoms in total. The summed E-state index contributed by atoms with van der Waals surface area (Å²) in [5.41, 5.74) is 0.689. The first-order valence-corrected chi connectivity index (χ1v) is 17.9. The second kappa shape index (κ2) is 18.8. The first-order chi connectivity index (χ1) is 30.1. The molecular formula is C40H32N8O14. The number of carbonyl (C=O) groups excluding carboxylic acids is 4. The number of esters is 2. The number of fused-ring (bicyclic) bond motifs is 8. The molecule has 7 rings (SSSR count). The molecule has 0 saturated heterocycles. The second-order valence-electron chi connectivity index (χ2n) is 12.2. The zero-order chi connectivity index (χ0) is 43.6. The summed E-state index contributed by atoms with van der Waals surface area (Å²) in [6.45, 7) is -1.24. The Morgan fingerprint density at radius 1 is 0.484 bits per heavy atom. The van der Waals surface area contributed by atoms with Crippen LogP contribution in [0.5, 0.6) is 70.6 Å². The van der Waals surface area contributed by atoms with Crippen LogP contribution in [0.4, 0.5) is 11.4 Å². The number of nitrogens with zero attached hydrogens (tertiary/aromatic N) is 6. The highest BCUT2D eigenvalue weighted by molar-refractivity contribution is 5.94. The normalized spacial score (nSPS) is 11.2.